The Bertz CT molecular complexity index is 435. The number of nitrogens with one attached hydrogen (secondary N) is 2. The molecule has 1 aromatic heterocycles. The zero-order chi connectivity index (χ0) is 13.0. The summed E-state index contributed by atoms with van der Waals surface area (Å²) in [6.07, 6.45) is 2.67. The van der Waals surface area contributed by atoms with Crippen LogP contribution in [0.3, 0.4) is 0 Å². The first-order valence-corrected chi connectivity index (χ1v) is 7.43. The van der Waals surface area contributed by atoms with Crippen molar-refractivity contribution in [2.75, 3.05) is 30.4 Å². The van der Waals surface area contributed by atoms with Gasteiger partial charge in [-0.15, -0.1) is 0 Å². The highest BCUT2D eigenvalue weighted by molar-refractivity contribution is 7.99. The van der Waals surface area contributed by atoms with E-state index in [0.717, 1.165) is 12.3 Å². The Hall–Kier alpha value is -0.940. The summed E-state index contributed by atoms with van der Waals surface area (Å²) in [5, 5.41) is 6.22. The number of hydrogen-bond acceptors (Lipinski definition) is 4. The van der Waals surface area contributed by atoms with Crippen LogP contribution < -0.4 is 10.6 Å². The molecule has 0 spiro atoms. The molecule has 0 bridgehead atoms. The molecule has 2 rings (SSSR count). The Morgan fingerprint density at radius 2 is 2.50 bits per heavy atom. The largest absolute Gasteiger partial charge is 0.373 e. The molecular formula is C12H16ClN3OS. The van der Waals surface area contributed by atoms with Gasteiger partial charge < -0.3 is 10.6 Å². The van der Waals surface area contributed by atoms with E-state index in [0.29, 0.717) is 22.3 Å². The molecule has 1 amide bonds. The van der Waals surface area contributed by atoms with Crippen LogP contribution in [0.4, 0.5) is 5.82 Å². The molecule has 1 aliphatic rings. The fraction of sp³-hybridized carbons (Fsp3) is 0.500. The van der Waals surface area contributed by atoms with E-state index in [9.17, 15) is 4.79 Å². The van der Waals surface area contributed by atoms with Crippen LogP contribution in [0.2, 0.25) is 5.02 Å². The Morgan fingerprint density at radius 3 is 3.17 bits per heavy atom. The monoisotopic (exact) mass is 285 g/mol. The minimum Gasteiger partial charge on any atom is -0.373 e. The molecule has 0 saturated carbocycles. The van der Waals surface area contributed by atoms with E-state index in [1.165, 1.54) is 18.4 Å². The third-order valence-electron chi connectivity index (χ3n) is 2.93. The second-order valence-corrected chi connectivity index (χ2v) is 5.80. The maximum atomic E-state index is 12.0. The summed E-state index contributed by atoms with van der Waals surface area (Å²) in [4.78, 5) is 16.1. The number of aromatic nitrogens is 1. The van der Waals surface area contributed by atoms with E-state index in [4.69, 9.17) is 11.6 Å². The molecule has 0 aromatic carbocycles. The number of nitrogens with zero attached hydrogens (tertiary/aromatic N) is 1. The second kappa shape index (κ2) is 6.29. The minimum atomic E-state index is -0.129. The van der Waals surface area contributed by atoms with Crippen molar-refractivity contribution in [3.05, 3.63) is 22.8 Å². The Balaban J connectivity index is 1.98. The van der Waals surface area contributed by atoms with E-state index in [1.54, 1.807) is 13.1 Å². The fourth-order valence-electron chi connectivity index (χ4n) is 1.83. The standard InChI is InChI=1S/C12H16ClN3OS/c1-14-11-4-9(10(13)6-15-11)12(17)16-5-8-2-3-18-7-8/h4,6,8H,2-3,5,7H2,1H3,(H,14,15)(H,16,17). The highest BCUT2D eigenvalue weighted by atomic mass is 35.5. The van der Waals surface area contributed by atoms with Crippen molar-refractivity contribution >= 4 is 35.1 Å². The van der Waals surface area contributed by atoms with Crippen molar-refractivity contribution in [2.24, 2.45) is 5.92 Å². The number of halogens is 1. The summed E-state index contributed by atoms with van der Waals surface area (Å²) in [6.45, 7) is 0.722. The number of carbonyl (C=O) groups is 1. The summed E-state index contributed by atoms with van der Waals surface area (Å²) < 4.78 is 0. The van der Waals surface area contributed by atoms with Gasteiger partial charge in [-0.1, -0.05) is 11.6 Å². The van der Waals surface area contributed by atoms with E-state index in [-0.39, 0.29) is 5.91 Å². The molecule has 1 unspecified atom stereocenters. The van der Waals surface area contributed by atoms with Gasteiger partial charge in [0.2, 0.25) is 0 Å². The summed E-state index contributed by atoms with van der Waals surface area (Å²) in [7, 11) is 1.76. The molecule has 18 heavy (non-hydrogen) atoms. The average Bonchev–Trinajstić information content (AvgIpc) is 2.89. The predicted octanol–water partition coefficient (Wildman–Crippen LogP) is 2.26. The van der Waals surface area contributed by atoms with Crippen molar-refractivity contribution in [1.82, 2.24) is 10.3 Å². The van der Waals surface area contributed by atoms with Crippen molar-refractivity contribution in [2.45, 2.75) is 6.42 Å². The van der Waals surface area contributed by atoms with Gasteiger partial charge in [0.15, 0.2) is 0 Å². The van der Waals surface area contributed by atoms with Gasteiger partial charge in [0.25, 0.3) is 5.91 Å². The highest BCUT2D eigenvalue weighted by Crippen LogP contribution is 2.23. The minimum absolute atomic E-state index is 0.129. The van der Waals surface area contributed by atoms with Gasteiger partial charge in [-0.05, 0) is 29.9 Å². The number of anilines is 1. The lowest BCUT2D eigenvalue weighted by atomic mass is 10.1. The molecule has 1 atom stereocenters. The lowest BCUT2D eigenvalue weighted by molar-refractivity contribution is 0.0948. The first-order valence-electron chi connectivity index (χ1n) is 5.90. The zero-order valence-electron chi connectivity index (χ0n) is 10.2. The maximum Gasteiger partial charge on any atom is 0.253 e. The van der Waals surface area contributed by atoms with Crippen molar-refractivity contribution < 1.29 is 4.79 Å². The Kier molecular flexibility index (Phi) is 4.72. The van der Waals surface area contributed by atoms with Gasteiger partial charge in [0.05, 0.1) is 10.6 Å². The maximum absolute atomic E-state index is 12.0. The summed E-state index contributed by atoms with van der Waals surface area (Å²) >= 11 is 7.93. The molecule has 98 valence electrons. The van der Waals surface area contributed by atoms with Crippen LogP contribution in [0.15, 0.2) is 12.3 Å². The van der Waals surface area contributed by atoms with Crippen LogP contribution in [-0.2, 0) is 0 Å². The van der Waals surface area contributed by atoms with Gasteiger partial charge in [-0.2, -0.15) is 11.8 Å². The fourth-order valence-corrected chi connectivity index (χ4v) is 3.30. The molecule has 1 aromatic rings. The molecule has 1 fully saturated rings. The number of pyridine rings is 1. The summed E-state index contributed by atoms with van der Waals surface area (Å²) in [5.41, 5.74) is 0.474. The van der Waals surface area contributed by atoms with Crippen LogP contribution in [-0.4, -0.2) is 36.0 Å². The second-order valence-electron chi connectivity index (χ2n) is 4.24. The van der Waals surface area contributed by atoms with E-state index >= 15 is 0 Å². The van der Waals surface area contributed by atoms with Gasteiger partial charge in [0.1, 0.15) is 5.82 Å². The van der Waals surface area contributed by atoms with Crippen molar-refractivity contribution in [3.63, 3.8) is 0 Å². The molecule has 2 N–H and O–H groups in total. The topological polar surface area (TPSA) is 54.0 Å². The number of hydrogen-bond donors (Lipinski definition) is 2. The average molecular weight is 286 g/mol. The summed E-state index contributed by atoms with van der Waals surface area (Å²) in [5.74, 6) is 3.42. The van der Waals surface area contributed by atoms with Crippen LogP contribution >= 0.6 is 23.4 Å². The van der Waals surface area contributed by atoms with Crippen LogP contribution in [0, 0.1) is 5.92 Å². The Labute approximate surface area is 116 Å². The van der Waals surface area contributed by atoms with Gasteiger partial charge >= 0.3 is 0 Å². The molecule has 2 heterocycles. The van der Waals surface area contributed by atoms with Crippen LogP contribution in [0.1, 0.15) is 16.8 Å². The number of rotatable bonds is 4. The van der Waals surface area contributed by atoms with Crippen LogP contribution in [0.5, 0.6) is 0 Å². The summed E-state index contributed by atoms with van der Waals surface area (Å²) in [6, 6.07) is 1.67. The lowest BCUT2D eigenvalue weighted by Crippen LogP contribution is -2.29. The highest BCUT2D eigenvalue weighted by Gasteiger charge is 2.18. The SMILES string of the molecule is CNc1cc(C(=O)NCC2CCSC2)c(Cl)cn1. The van der Waals surface area contributed by atoms with Crippen molar-refractivity contribution in [1.29, 1.82) is 0 Å². The van der Waals surface area contributed by atoms with Crippen LogP contribution in [0.25, 0.3) is 0 Å². The quantitative estimate of drug-likeness (QED) is 0.891. The first-order chi connectivity index (χ1) is 8.70. The van der Waals surface area contributed by atoms with E-state index in [1.807, 2.05) is 11.8 Å². The first kappa shape index (κ1) is 13.5. The molecule has 4 nitrogen and oxygen atoms in total. The molecule has 1 aliphatic heterocycles. The molecule has 0 radical (unpaired) electrons. The smallest absolute Gasteiger partial charge is 0.253 e. The molecule has 6 heteroatoms. The van der Waals surface area contributed by atoms with Gasteiger partial charge in [-0.3, -0.25) is 4.79 Å². The van der Waals surface area contributed by atoms with E-state index < -0.39 is 0 Å². The number of carbonyl (C=O) groups excluding carboxylic acids is 1. The van der Waals surface area contributed by atoms with Gasteiger partial charge in [0, 0.05) is 19.8 Å². The molecular weight excluding hydrogens is 270 g/mol. The number of amides is 1. The normalized spacial score (nSPS) is 18.7. The Morgan fingerprint density at radius 1 is 1.67 bits per heavy atom. The predicted molar refractivity (Wildman–Crippen MR) is 76.6 cm³/mol. The third kappa shape index (κ3) is 3.29. The van der Waals surface area contributed by atoms with Crippen molar-refractivity contribution in [3.8, 4) is 0 Å². The zero-order valence-corrected chi connectivity index (χ0v) is 11.8. The molecule has 1 saturated heterocycles. The lowest BCUT2D eigenvalue weighted by Gasteiger charge is -2.11. The van der Waals surface area contributed by atoms with E-state index in [2.05, 4.69) is 15.6 Å². The molecule has 0 aliphatic carbocycles. The van der Waals surface area contributed by atoms with Gasteiger partial charge in [-0.25, -0.2) is 4.98 Å². The number of thioether (sulfide) groups is 1. The third-order valence-corrected chi connectivity index (χ3v) is 4.46.